The molecule has 0 spiro atoms. The third-order valence-electron chi connectivity index (χ3n) is 3.29. The lowest BCUT2D eigenvalue weighted by Gasteiger charge is -2.23. The van der Waals surface area contributed by atoms with E-state index in [-0.39, 0.29) is 0 Å². The van der Waals surface area contributed by atoms with E-state index in [4.69, 9.17) is 5.73 Å². The van der Waals surface area contributed by atoms with E-state index in [0.29, 0.717) is 5.82 Å². The first-order valence-corrected chi connectivity index (χ1v) is 6.59. The van der Waals surface area contributed by atoms with Gasteiger partial charge in [-0.1, -0.05) is 13.8 Å². The first-order valence-electron chi connectivity index (χ1n) is 6.59. The van der Waals surface area contributed by atoms with E-state index in [9.17, 15) is 0 Å². The summed E-state index contributed by atoms with van der Waals surface area (Å²) in [5, 5.41) is 0. The molecule has 1 saturated carbocycles. The maximum absolute atomic E-state index is 5.72. The molecule has 0 atom stereocenters. The van der Waals surface area contributed by atoms with Gasteiger partial charge in [0.15, 0.2) is 0 Å². The molecule has 94 valence electrons. The van der Waals surface area contributed by atoms with Crippen molar-refractivity contribution < 1.29 is 0 Å². The molecule has 1 aromatic heterocycles. The summed E-state index contributed by atoms with van der Waals surface area (Å²) in [7, 11) is 0. The maximum Gasteiger partial charge on any atom is 0.123 e. The molecule has 0 aliphatic heterocycles. The second-order valence-electron chi connectivity index (χ2n) is 5.47. The van der Waals surface area contributed by atoms with Gasteiger partial charge >= 0.3 is 0 Å². The van der Waals surface area contributed by atoms with Gasteiger partial charge < -0.3 is 5.73 Å². The Balaban J connectivity index is 1.93. The molecule has 17 heavy (non-hydrogen) atoms. The smallest absolute Gasteiger partial charge is 0.123 e. The van der Waals surface area contributed by atoms with Gasteiger partial charge in [0, 0.05) is 18.8 Å². The highest BCUT2D eigenvalue weighted by molar-refractivity contribution is 5.31. The van der Waals surface area contributed by atoms with Gasteiger partial charge in [-0.15, -0.1) is 0 Å². The fourth-order valence-electron chi connectivity index (χ4n) is 2.08. The average Bonchev–Trinajstić information content (AvgIpc) is 3.07. The standard InChI is InChI=1S/C14H23N3/c1-11(2)6-8-17(13-3-4-13)10-12-5-7-16-14(15)9-12/h5,7,9,11,13H,3-4,6,8,10H2,1-2H3,(H2,15,16). The summed E-state index contributed by atoms with van der Waals surface area (Å²) < 4.78 is 0. The van der Waals surface area contributed by atoms with Gasteiger partial charge in [0.2, 0.25) is 0 Å². The zero-order chi connectivity index (χ0) is 12.3. The highest BCUT2D eigenvalue weighted by atomic mass is 15.2. The van der Waals surface area contributed by atoms with E-state index < -0.39 is 0 Å². The number of pyridine rings is 1. The Bertz CT molecular complexity index is 358. The molecule has 1 aliphatic rings. The van der Waals surface area contributed by atoms with Crippen molar-refractivity contribution in [2.75, 3.05) is 12.3 Å². The van der Waals surface area contributed by atoms with Crippen LogP contribution in [0, 0.1) is 5.92 Å². The zero-order valence-corrected chi connectivity index (χ0v) is 10.9. The van der Waals surface area contributed by atoms with E-state index >= 15 is 0 Å². The summed E-state index contributed by atoms with van der Waals surface area (Å²) in [4.78, 5) is 6.63. The normalized spacial score (nSPS) is 15.8. The van der Waals surface area contributed by atoms with Crippen LogP contribution in [0.5, 0.6) is 0 Å². The monoisotopic (exact) mass is 233 g/mol. The molecule has 0 amide bonds. The molecule has 2 N–H and O–H groups in total. The fraction of sp³-hybridized carbons (Fsp3) is 0.643. The number of aromatic nitrogens is 1. The minimum Gasteiger partial charge on any atom is -0.384 e. The van der Waals surface area contributed by atoms with Crippen LogP contribution in [0.3, 0.4) is 0 Å². The van der Waals surface area contributed by atoms with E-state index in [1.807, 2.05) is 6.07 Å². The molecule has 0 bridgehead atoms. The molecule has 1 aliphatic carbocycles. The predicted molar refractivity (Wildman–Crippen MR) is 71.5 cm³/mol. The molecule has 0 radical (unpaired) electrons. The first-order chi connectivity index (χ1) is 8.15. The highest BCUT2D eigenvalue weighted by Crippen LogP contribution is 2.29. The average molecular weight is 233 g/mol. The summed E-state index contributed by atoms with van der Waals surface area (Å²) in [6, 6.07) is 4.87. The summed E-state index contributed by atoms with van der Waals surface area (Å²) in [6.07, 6.45) is 5.80. The number of anilines is 1. The van der Waals surface area contributed by atoms with Gasteiger partial charge in [0.05, 0.1) is 0 Å². The molecular formula is C14H23N3. The number of nitrogens with zero attached hydrogens (tertiary/aromatic N) is 2. The van der Waals surface area contributed by atoms with Crippen molar-refractivity contribution in [3.8, 4) is 0 Å². The molecule has 0 aromatic carbocycles. The van der Waals surface area contributed by atoms with Crippen LogP contribution in [0.25, 0.3) is 0 Å². The number of hydrogen-bond donors (Lipinski definition) is 1. The van der Waals surface area contributed by atoms with Crippen LogP contribution in [-0.4, -0.2) is 22.5 Å². The van der Waals surface area contributed by atoms with Crippen molar-refractivity contribution in [1.29, 1.82) is 0 Å². The summed E-state index contributed by atoms with van der Waals surface area (Å²) >= 11 is 0. The SMILES string of the molecule is CC(C)CCN(Cc1ccnc(N)c1)C1CC1. The van der Waals surface area contributed by atoms with E-state index in [2.05, 4.69) is 29.8 Å². The van der Waals surface area contributed by atoms with Gasteiger partial charge in [-0.05, 0) is 49.4 Å². The van der Waals surface area contributed by atoms with Crippen molar-refractivity contribution in [3.63, 3.8) is 0 Å². The molecule has 0 saturated heterocycles. The second kappa shape index (κ2) is 5.50. The molecule has 1 aromatic rings. The predicted octanol–water partition coefficient (Wildman–Crippen LogP) is 2.67. The van der Waals surface area contributed by atoms with Gasteiger partial charge in [0.1, 0.15) is 5.82 Å². The van der Waals surface area contributed by atoms with Crippen LogP contribution in [-0.2, 0) is 6.54 Å². The molecule has 0 unspecified atom stereocenters. The quantitative estimate of drug-likeness (QED) is 0.821. The Labute approximate surface area is 104 Å². The number of nitrogen functional groups attached to an aromatic ring is 1. The van der Waals surface area contributed by atoms with Crippen LogP contribution in [0.15, 0.2) is 18.3 Å². The van der Waals surface area contributed by atoms with Crippen molar-refractivity contribution in [2.45, 2.75) is 45.7 Å². The Morgan fingerprint density at radius 3 is 2.82 bits per heavy atom. The lowest BCUT2D eigenvalue weighted by molar-refractivity contribution is 0.239. The van der Waals surface area contributed by atoms with E-state index in [1.165, 1.54) is 31.4 Å². The number of nitrogens with two attached hydrogens (primary N) is 1. The zero-order valence-electron chi connectivity index (χ0n) is 10.9. The molecular weight excluding hydrogens is 210 g/mol. The minimum absolute atomic E-state index is 0.627. The third-order valence-corrected chi connectivity index (χ3v) is 3.29. The lowest BCUT2D eigenvalue weighted by Crippen LogP contribution is -2.27. The van der Waals surface area contributed by atoms with Crippen LogP contribution in [0.1, 0.15) is 38.7 Å². The minimum atomic E-state index is 0.627. The van der Waals surface area contributed by atoms with E-state index in [1.54, 1.807) is 6.20 Å². The largest absolute Gasteiger partial charge is 0.384 e. The van der Waals surface area contributed by atoms with Crippen LogP contribution in [0.2, 0.25) is 0 Å². The third kappa shape index (κ3) is 4.00. The van der Waals surface area contributed by atoms with Gasteiger partial charge in [0.25, 0.3) is 0 Å². The molecule has 2 rings (SSSR count). The van der Waals surface area contributed by atoms with Crippen molar-refractivity contribution in [1.82, 2.24) is 9.88 Å². The molecule has 1 fully saturated rings. The maximum atomic E-state index is 5.72. The van der Waals surface area contributed by atoms with Crippen LogP contribution < -0.4 is 5.73 Å². The Kier molecular flexibility index (Phi) is 4.00. The molecule has 3 nitrogen and oxygen atoms in total. The summed E-state index contributed by atoms with van der Waals surface area (Å²) in [5.41, 5.74) is 7.00. The van der Waals surface area contributed by atoms with Crippen LogP contribution in [0.4, 0.5) is 5.82 Å². The van der Waals surface area contributed by atoms with Gasteiger partial charge in [-0.25, -0.2) is 4.98 Å². The van der Waals surface area contributed by atoms with Crippen molar-refractivity contribution in [3.05, 3.63) is 23.9 Å². The number of rotatable bonds is 6. The fourth-order valence-corrected chi connectivity index (χ4v) is 2.08. The molecule has 3 heteroatoms. The second-order valence-corrected chi connectivity index (χ2v) is 5.47. The number of hydrogen-bond acceptors (Lipinski definition) is 3. The molecule has 1 heterocycles. The summed E-state index contributed by atoms with van der Waals surface area (Å²) in [6.45, 7) is 6.79. The highest BCUT2D eigenvalue weighted by Gasteiger charge is 2.28. The van der Waals surface area contributed by atoms with Gasteiger partial charge in [-0.3, -0.25) is 4.90 Å². The topological polar surface area (TPSA) is 42.2 Å². The summed E-state index contributed by atoms with van der Waals surface area (Å²) in [5.74, 6) is 1.40. The van der Waals surface area contributed by atoms with Crippen molar-refractivity contribution in [2.24, 2.45) is 5.92 Å². The lowest BCUT2D eigenvalue weighted by atomic mass is 10.1. The van der Waals surface area contributed by atoms with Crippen molar-refractivity contribution >= 4 is 5.82 Å². The Morgan fingerprint density at radius 1 is 1.47 bits per heavy atom. The van der Waals surface area contributed by atoms with Crippen LogP contribution >= 0.6 is 0 Å². The Morgan fingerprint density at radius 2 is 2.24 bits per heavy atom. The first kappa shape index (κ1) is 12.4. The van der Waals surface area contributed by atoms with E-state index in [0.717, 1.165) is 18.5 Å². The Hall–Kier alpha value is -1.09. The van der Waals surface area contributed by atoms with Gasteiger partial charge in [-0.2, -0.15) is 0 Å².